The van der Waals surface area contributed by atoms with E-state index in [0.717, 1.165) is 12.8 Å². The summed E-state index contributed by atoms with van der Waals surface area (Å²) in [6.07, 6.45) is 6.67. The first-order chi connectivity index (χ1) is 9.03. The highest BCUT2D eigenvalue weighted by atomic mass is 79.9. The van der Waals surface area contributed by atoms with Crippen LogP contribution in [0.3, 0.4) is 0 Å². The summed E-state index contributed by atoms with van der Waals surface area (Å²) in [5.41, 5.74) is 0. The minimum atomic E-state index is -3.46. The molecule has 2 unspecified atom stereocenters. The van der Waals surface area contributed by atoms with Gasteiger partial charge in [0.1, 0.15) is 5.82 Å². The van der Waals surface area contributed by atoms with Crippen molar-refractivity contribution in [3.8, 4) is 0 Å². The number of nitrogens with zero attached hydrogens (tertiary/aromatic N) is 1. The Bertz CT molecular complexity index is 515. The van der Waals surface area contributed by atoms with Crippen molar-refractivity contribution >= 4 is 26.0 Å². The van der Waals surface area contributed by atoms with Crippen molar-refractivity contribution in [2.45, 2.75) is 48.9 Å². The van der Waals surface area contributed by atoms with Crippen LogP contribution in [-0.2, 0) is 16.4 Å². The molecular weight excluding hydrogens is 330 g/mol. The van der Waals surface area contributed by atoms with E-state index in [4.69, 9.17) is 0 Å². The van der Waals surface area contributed by atoms with Crippen LogP contribution in [0.5, 0.6) is 0 Å². The van der Waals surface area contributed by atoms with Crippen LogP contribution in [-0.4, -0.2) is 29.8 Å². The van der Waals surface area contributed by atoms with Gasteiger partial charge < -0.3 is 4.98 Å². The Morgan fingerprint density at radius 2 is 2.21 bits per heavy atom. The molecule has 1 aromatic heterocycles. The molecule has 0 aliphatic heterocycles. The number of H-pyrrole nitrogens is 1. The minimum Gasteiger partial charge on any atom is -0.332 e. The quantitative estimate of drug-likeness (QED) is 0.800. The Labute approximate surface area is 122 Å². The van der Waals surface area contributed by atoms with Crippen LogP contribution < -0.4 is 4.72 Å². The van der Waals surface area contributed by atoms with Crippen LogP contribution in [0.4, 0.5) is 0 Å². The first-order valence-electron chi connectivity index (χ1n) is 6.70. The number of halogens is 1. The second-order valence-corrected chi connectivity index (χ2v) is 7.87. The van der Waals surface area contributed by atoms with E-state index in [2.05, 4.69) is 30.6 Å². The molecule has 0 spiro atoms. The molecule has 2 rings (SSSR count). The number of aryl methyl sites for hydroxylation is 1. The van der Waals surface area contributed by atoms with Crippen molar-refractivity contribution in [3.05, 3.63) is 12.0 Å². The fourth-order valence-electron chi connectivity index (χ4n) is 2.35. The number of rotatable bonds is 5. The highest BCUT2D eigenvalue weighted by Crippen LogP contribution is 2.29. The van der Waals surface area contributed by atoms with Crippen LogP contribution in [0.1, 0.15) is 38.4 Å². The zero-order chi connectivity index (χ0) is 13.9. The molecule has 5 nitrogen and oxygen atoms in total. The molecule has 2 N–H and O–H groups in total. The summed E-state index contributed by atoms with van der Waals surface area (Å²) in [6, 6.07) is 0. The first kappa shape index (κ1) is 15.0. The molecule has 0 saturated heterocycles. The lowest BCUT2D eigenvalue weighted by molar-refractivity contribution is 0.373. The number of imidazole rings is 1. The monoisotopic (exact) mass is 349 g/mol. The molecule has 2 atom stereocenters. The summed E-state index contributed by atoms with van der Waals surface area (Å²) in [6.45, 7) is 2.42. The highest BCUT2D eigenvalue weighted by Gasteiger charge is 2.25. The molecule has 0 radical (unpaired) electrons. The van der Waals surface area contributed by atoms with Crippen LogP contribution in [0.25, 0.3) is 0 Å². The van der Waals surface area contributed by atoms with Crippen LogP contribution in [0, 0.1) is 5.92 Å². The number of alkyl halides is 1. The summed E-state index contributed by atoms with van der Waals surface area (Å²) in [4.78, 5) is 7.27. The van der Waals surface area contributed by atoms with E-state index in [0.29, 0.717) is 29.5 Å². The summed E-state index contributed by atoms with van der Waals surface area (Å²) in [5, 5.41) is 0.159. The van der Waals surface area contributed by atoms with Gasteiger partial charge in [0.2, 0.25) is 0 Å². The van der Waals surface area contributed by atoms with Crippen LogP contribution in [0.2, 0.25) is 0 Å². The summed E-state index contributed by atoms with van der Waals surface area (Å²) in [5.74, 6) is 1.06. The summed E-state index contributed by atoms with van der Waals surface area (Å²) in [7, 11) is -3.46. The van der Waals surface area contributed by atoms with Crippen molar-refractivity contribution in [1.29, 1.82) is 0 Å². The second-order valence-electron chi connectivity index (χ2n) is 4.96. The molecule has 1 aliphatic carbocycles. The van der Waals surface area contributed by atoms with Gasteiger partial charge in [0, 0.05) is 17.8 Å². The van der Waals surface area contributed by atoms with E-state index in [9.17, 15) is 8.42 Å². The fraction of sp³-hybridized carbons (Fsp3) is 0.750. The summed E-state index contributed by atoms with van der Waals surface area (Å²) >= 11 is 3.64. The van der Waals surface area contributed by atoms with Crippen LogP contribution in [0.15, 0.2) is 11.2 Å². The first-order valence-corrected chi connectivity index (χ1v) is 9.10. The number of hydrogen-bond donors (Lipinski definition) is 2. The van der Waals surface area contributed by atoms with E-state index in [1.54, 1.807) is 0 Å². The van der Waals surface area contributed by atoms with Crippen molar-refractivity contribution in [3.63, 3.8) is 0 Å². The maximum absolute atomic E-state index is 12.1. The third kappa shape index (κ3) is 3.79. The third-order valence-corrected chi connectivity index (χ3v) is 6.12. The average molecular weight is 350 g/mol. The van der Waals surface area contributed by atoms with Crippen molar-refractivity contribution < 1.29 is 8.42 Å². The lowest BCUT2D eigenvalue weighted by Gasteiger charge is -2.27. The Hall–Kier alpha value is -0.400. The minimum absolute atomic E-state index is 0.159. The maximum atomic E-state index is 12.1. The van der Waals surface area contributed by atoms with Gasteiger partial charge in [-0.25, -0.2) is 18.1 Å². The molecule has 0 bridgehead atoms. The largest absolute Gasteiger partial charge is 0.332 e. The van der Waals surface area contributed by atoms with E-state index in [-0.39, 0.29) is 5.03 Å². The second kappa shape index (κ2) is 6.37. The van der Waals surface area contributed by atoms with Gasteiger partial charge in [0.25, 0.3) is 10.0 Å². The Kier molecular flexibility index (Phi) is 5.03. The Morgan fingerprint density at radius 3 is 2.84 bits per heavy atom. The molecule has 19 heavy (non-hydrogen) atoms. The molecule has 108 valence electrons. The predicted molar refractivity (Wildman–Crippen MR) is 77.8 cm³/mol. The van der Waals surface area contributed by atoms with Crippen molar-refractivity contribution in [1.82, 2.24) is 14.7 Å². The molecular formula is C12H20BrN3O2S. The molecule has 7 heteroatoms. The van der Waals surface area contributed by atoms with Gasteiger partial charge in [-0.1, -0.05) is 35.7 Å². The molecule has 0 aromatic carbocycles. The molecule has 1 heterocycles. The Balaban J connectivity index is 1.97. The molecule has 1 aliphatic rings. The molecule has 1 saturated carbocycles. The third-order valence-electron chi connectivity index (χ3n) is 3.58. The van der Waals surface area contributed by atoms with Gasteiger partial charge in [0.15, 0.2) is 5.03 Å². The molecule has 1 aromatic rings. The molecule has 1 fully saturated rings. The predicted octanol–water partition coefficient (Wildman–Crippen LogP) is 2.20. The van der Waals surface area contributed by atoms with E-state index < -0.39 is 10.0 Å². The standard InChI is InChI=1S/C12H20BrN3O2S/c1-2-11-14-8-12(16-11)19(17,18)15-7-9-5-3-4-6-10(9)13/h8-10,15H,2-7H2,1H3,(H,14,16). The summed E-state index contributed by atoms with van der Waals surface area (Å²) < 4.78 is 26.9. The number of sulfonamides is 1. The zero-order valence-corrected chi connectivity index (χ0v) is 13.4. The van der Waals surface area contributed by atoms with Gasteiger partial charge >= 0.3 is 0 Å². The van der Waals surface area contributed by atoms with E-state index >= 15 is 0 Å². The van der Waals surface area contributed by atoms with Gasteiger partial charge in [-0.15, -0.1) is 0 Å². The van der Waals surface area contributed by atoms with Crippen LogP contribution >= 0.6 is 15.9 Å². The van der Waals surface area contributed by atoms with Gasteiger partial charge in [-0.3, -0.25) is 0 Å². The number of aromatic amines is 1. The number of hydrogen-bond acceptors (Lipinski definition) is 3. The van der Waals surface area contributed by atoms with Crippen molar-refractivity contribution in [2.24, 2.45) is 5.92 Å². The SMILES string of the molecule is CCc1ncc(S(=O)(=O)NCC2CCCCC2Br)[nH]1. The topological polar surface area (TPSA) is 74.8 Å². The van der Waals surface area contributed by atoms with Gasteiger partial charge in [0.05, 0.1) is 6.20 Å². The maximum Gasteiger partial charge on any atom is 0.257 e. The van der Waals surface area contributed by atoms with Gasteiger partial charge in [-0.2, -0.15) is 0 Å². The van der Waals surface area contributed by atoms with Gasteiger partial charge in [-0.05, 0) is 18.8 Å². The zero-order valence-electron chi connectivity index (χ0n) is 11.0. The lowest BCUT2D eigenvalue weighted by atomic mass is 9.89. The highest BCUT2D eigenvalue weighted by molar-refractivity contribution is 9.09. The number of nitrogens with one attached hydrogen (secondary N) is 2. The van der Waals surface area contributed by atoms with Crippen molar-refractivity contribution in [2.75, 3.05) is 6.54 Å². The number of aromatic nitrogens is 2. The lowest BCUT2D eigenvalue weighted by Crippen LogP contribution is -2.34. The fourth-order valence-corrected chi connectivity index (χ4v) is 4.15. The smallest absolute Gasteiger partial charge is 0.257 e. The molecule has 0 amide bonds. The normalized spacial score (nSPS) is 24.5. The van der Waals surface area contributed by atoms with E-state index in [1.165, 1.54) is 19.0 Å². The Morgan fingerprint density at radius 1 is 1.47 bits per heavy atom. The van der Waals surface area contributed by atoms with E-state index in [1.807, 2.05) is 6.92 Å². The average Bonchev–Trinajstić information content (AvgIpc) is 2.87.